The molecule has 0 N–H and O–H groups in total. The van der Waals surface area contributed by atoms with Gasteiger partial charge in [0.25, 0.3) is 0 Å². The second kappa shape index (κ2) is 7.48. The molecule has 17 heavy (non-hydrogen) atoms. The van der Waals surface area contributed by atoms with Gasteiger partial charge in [-0.25, -0.2) is 0 Å². The molecule has 0 saturated heterocycles. The zero-order chi connectivity index (χ0) is 12.8. The first-order valence-electron chi connectivity index (χ1n) is 5.79. The molecule has 0 unspecified atom stereocenters. The van der Waals surface area contributed by atoms with E-state index in [-0.39, 0.29) is 0 Å². The summed E-state index contributed by atoms with van der Waals surface area (Å²) < 4.78 is 0. The minimum atomic E-state index is 0.466. The van der Waals surface area contributed by atoms with Gasteiger partial charge in [0.2, 0.25) is 0 Å². The van der Waals surface area contributed by atoms with Gasteiger partial charge in [0.1, 0.15) is 0 Å². The van der Waals surface area contributed by atoms with Crippen LogP contribution >= 0.6 is 34.8 Å². The van der Waals surface area contributed by atoms with Crippen LogP contribution in [-0.2, 0) is 6.54 Å². The van der Waals surface area contributed by atoms with Crippen LogP contribution in [0.4, 0.5) is 0 Å². The lowest BCUT2D eigenvalue weighted by atomic mass is 10.2. The topological polar surface area (TPSA) is 3.24 Å². The summed E-state index contributed by atoms with van der Waals surface area (Å²) in [6.07, 6.45) is 0.984. The fourth-order valence-electron chi connectivity index (χ4n) is 1.67. The minimum Gasteiger partial charge on any atom is -0.297 e. The Balaban J connectivity index is 2.75. The molecular formula is C13H18Cl3N. The van der Waals surface area contributed by atoms with E-state index in [0.717, 1.165) is 25.1 Å². The fourth-order valence-corrected chi connectivity index (χ4v) is 2.17. The lowest BCUT2D eigenvalue weighted by Gasteiger charge is -2.26. The minimum absolute atomic E-state index is 0.466. The van der Waals surface area contributed by atoms with Crippen LogP contribution < -0.4 is 0 Å². The van der Waals surface area contributed by atoms with Crippen molar-refractivity contribution < 1.29 is 0 Å². The van der Waals surface area contributed by atoms with Crippen molar-refractivity contribution in [3.05, 3.63) is 33.8 Å². The van der Waals surface area contributed by atoms with E-state index in [9.17, 15) is 0 Å². The zero-order valence-corrected chi connectivity index (χ0v) is 12.5. The molecule has 0 fully saturated rings. The Kier molecular flexibility index (Phi) is 6.65. The molecule has 1 rings (SSSR count). The molecule has 0 aliphatic heterocycles. The molecule has 1 aromatic carbocycles. The van der Waals surface area contributed by atoms with E-state index in [4.69, 9.17) is 34.8 Å². The SMILES string of the molecule is CC(C)N(CCCCl)Cc1cccc(Cl)c1Cl. The fraction of sp³-hybridized carbons (Fsp3) is 0.538. The molecule has 0 aliphatic rings. The Morgan fingerprint density at radius 3 is 2.53 bits per heavy atom. The van der Waals surface area contributed by atoms with Crippen molar-refractivity contribution >= 4 is 34.8 Å². The molecule has 4 heteroatoms. The Bertz CT molecular complexity index is 353. The van der Waals surface area contributed by atoms with Crippen LogP contribution in [0.5, 0.6) is 0 Å². The molecule has 0 heterocycles. The number of alkyl halides is 1. The molecule has 0 spiro atoms. The maximum atomic E-state index is 6.19. The van der Waals surface area contributed by atoms with Crippen molar-refractivity contribution in [1.82, 2.24) is 4.90 Å². The molecule has 0 saturated carbocycles. The summed E-state index contributed by atoms with van der Waals surface area (Å²) in [5, 5.41) is 1.27. The van der Waals surface area contributed by atoms with Gasteiger partial charge in [-0.05, 0) is 38.4 Å². The van der Waals surface area contributed by atoms with Gasteiger partial charge >= 0.3 is 0 Å². The van der Waals surface area contributed by atoms with E-state index in [1.54, 1.807) is 0 Å². The molecule has 96 valence electrons. The summed E-state index contributed by atoms with van der Waals surface area (Å²) in [6.45, 7) is 6.14. The lowest BCUT2D eigenvalue weighted by molar-refractivity contribution is 0.214. The summed E-state index contributed by atoms with van der Waals surface area (Å²) >= 11 is 17.9. The van der Waals surface area contributed by atoms with E-state index < -0.39 is 0 Å². The monoisotopic (exact) mass is 293 g/mol. The second-order valence-corrected chi connectivity index (χ2v) is 5.48. The van der Waals surface area contributed by atoms with Crippen molar-refractivity contribution in [2.75, 3.05) is 12.4 Å². The van der Waals surface area contributed by atoms with E-state index >= 15 is 0 Å². The molecule has 0 bridgehead atoms. The van der Waals surface area contributed by atoms with Crippen LogP contribution in [-0.4, -0.2) is 23.4 Å². The Hall–Kier alpha value is 0.0500. The first-order valence-corrected chi connectivity index (χ1v) is 7.08. The van der Waals surface area contributed by atoms with Crippen LogP contribution in [0.2, 0.25) is 10.0 Å². The van der Waals surface area contributed by atoms with E-state index in [2.05, 4.69) is 18.7 Å². The molecular weight excluding hydrogens is 277 g/mol. The third-order valence-electron chi connectivity index (χ3n) is 2.71. The van der Waals surface area contributed by atoms with E-state index in [1.165, 1.54) is 0 Å². The molecule has 1 aromatic rings. The molecule has 0 aliphatic carbocycles. The standard InChI is InChI=1S/C13H18Cl3N/c1-10(2)17(8-4-7-14)9-11-5-3-6-12(15)13(11)16/h3,5-6,10H,4,7-9H2,1-2H3. The highest BCUT2D eigenvalue weighted by atomic mass is 35.5. The molecule has 0 amide bonds. The number of hydrogen-bond donors (Lipinski definition) is 0. The maximum absolute atomic E-state index is 6.19. The van der Waals surface area contributed by atoms with Gasteiger partial charge in [-0.3, -0.25) is 4.90 Å². The zero-order valence-electron chi connectivity index (χ0n) is 10.2. The Labute approximate surface area is 119 Å². The predicted octanol–water partition coefficient (Wildman–Crippen LogP) is 4.83. The number of halogens is 3. The van der Waals surface area contributed by atoms with Gasteiger partial charge in [0.15, 0.2) is 0 Å². The van der Waals surface area contributed by atoms with Crippen LogP contribution in [0.3, 0.4) is 0 Å². The number of benzene rings is 1. The van der Waals surface area contributed by atoms with Gasteiger partial charge in [0.05, 0.1) is 10.0 Å². The summed E-state index contributed by atoms with van der Waals surface area (Å²) in [6, 6.07) is 6.23. The van der Waals surface area contributed by atoms with Crippen LogP contribution in [0.1, 0.15) is 25.8 Å². The molecule has 0 aromatic heterocycles. The van der Waals surface area contributed by atoms with Crippen molar-refractivity contribution in [1.29, 1.82) is 0 Å². The second-order valence-electron chi connectivity index (χ2n) is 4.32. The van der Waals surface area contributed by atoms with E-state index in [1.807, 2.05) is 18.2 Å². The van der Waals surface area contributed by atoms with Gasteiger partial charge < -0.3 is 0 Å². The average molecular weight is 295 g/mol. The Morgan fingerprint density at radius 1 is 1.24 bits per heavy atom. The van der Waals surface area contributed by atoms with Gasteiger partial charge in [-0.2, -0.15) is 0 Å². The van der Waals surface area contributed by atoms with Crippen molar-refractivity contribution in [3.63, 3.8) is 0 Å². The summed E-state index contributed by atoms with van der Waals surface area (Å²) in [5.41, 5.74) is 1.07. The smallest absolute Gasteiger partial charge is 0.0637 e. The third-order valence-corrected chi connectivity index (χ3v) is 3.84. The van der Waals surface area contributed by atoms with Crippen molar-refractivity contribution in [3.8, 4) is 0 Å². The maximum Gasteiger partial charge on any atom is 0.0637 e. The first-order chi connectivity index (χ1) is 8.06. The van der Waals surface area contributed by atoms with Crippen molar-refractivity contribution in [2.24, 2.45) is 0 Å². The largest absolute Gasteiger partial charge is 0.297 e. The lowest BCUT2D eigenvalue weighted by Crippen LogP contribution is -2.31. The number of nitrogens with zero attached hydrogens (tertiary/aromatic N) is 1. The highest BCUT2D eigenvalue weighted by Gasteiger charge is 2.12. The molecule has 0 atom stereocenters. The van der Waals surface area contributed by atoms with Gasteiger partial charge in [-0.1, -0.05) is 35.3 Å². The summed E-state index contributed by atoms with van der Waals surface area (Å²) in [7, 11) is 0. The quantitative estimate of drug-likeness (QED) is 0.679. The van der Waals surface area contributed by atoms with Crippen LogP contribution in [0.25, 0.3) is 0 Å². The van der Waals surface area contributed by atoms with Crippen LogP contribution in [0, 0.1) is 0 Å². The number of hydrogen-bond acceptors (Lipinski definition) is 1. The highest BCUT2D eigenvalue weighted by molar-refractivity contribution is 6.42. The normalized spacial score (nSPS) is 11.5. The van der Waals surface area contributed by atoms with Crippen molar-refractivity contribution in [2.45, 2.75) is 32.9 Å². The molecule has 0 radical (unpaired) electrons. The first kappa shape index (κ1) is 15.1. The van der Waals surface area contributed by atoms with Gasteiger partial charge in [-0.15, -0.1) is 11.6 Å². The van der Waals surface area contributed by atoms with Crippen LogP contribution in [0.15, 0.2) is 18.2 Å². The summed E-state index contributed by atoms with van der Waals surface area (Å²) in [5.74, 6) is 0.687. The highest BCUT2D eigenvalue weighted by Crippen LogP contribution is 2.26. The van der Waals surface area contributed by atoms with Gasteiger partial charge in [0, 0.05) is 18.5 Å². The molecule has 1 nitrogen and oxygen atoms in total. The predicted molar refractivity (Wildman–Crippen MR) is 77.3 cm³/mol. The summed E-state index contributed by atoms with van der Waals surface area (Å²) in [4.78, 5) is 2.35. The van der Waals surface area contributed by atoms with E-state index in [0.29, 0.717) is 22.0 Å². The third kappa shape index (κ3) is 4.67. The number of rotatable bonds is 6. The Morgan fingerprint density at radius 2 is 1.94 bits per heavy atom. The average Bonchev–Trinajstić information content (AvgIpc) is 2.29.